The molecule has 0 fully saturated rings. The molecule has 0 radical (unpaired) electrons. The molecule has 0 heterocycles. The topological polar surface area (TPSA) is 99.0 Å². The first-order valence-corrected chi connectivity index (χ1v) is 13.9. The summed E-state index contributed by atoms with van der Waals surface area (Å²) in [6.07, 6.45) is 2.00. The number of azo groups is 1. The Labute approximate surface area is 238 Å². The van der Waals surface area contributed by atoms with Crippen molar-refractivity contribution in [3.05, 3.63) is 53.6 Å². The van der Waals surface area contributed by atoms with Crippen molar-refractivity contribution < 1.29 is 28.5 Å². The maximum Gasteiger partial charge on any atom is 0.452 e. The van der Waals surface area contributed by atoms with Gasteiger partial charge in [0, 0.05) is 17.6 Å². The number of methoxy groups -OCH3 is 1. The number of hydrogen-bond donors (Lipinski definition) is 0. The van der Waals surface area contributed by atoms with Crippen molar-refractivity contribution in [3.8, 4) is 17.2 Å². The zero-order valence-corrected chi connectivity index (χ0v) is 25.2. The molecule has 2 amide bonds. The quantitative estimate of drug-likeness (QED) is 0.177. The first-order chi connectivity index (χ1) is 18.9. The van der Waals surface area contributed by atoms with Crippen molar-refractivity contribution in [2.45, 2.75) is 92.0 Å². The first-order valence-electron chi connectivity index (χ1n) is 13.9. The summed E-state index contributed by atoms with van der Waals surface area (Å²) in [5, 5.41) is 7.47. The van der Waals surface area contributed by atoms with Crippen molar-refractivity contribution in [2.24, 2.45) is 10.2 Å². The van der Waals surface area contributed by atoms with Gasteiger partial charge in [0.1, 0.15) is 11.4 Å². The fourth-order valence-electron chi connectivity index (χ4n) is 4.04. The van der Waals surface area contributed by atoms with E-state index in [0.29, 0.717) is 30.3 Å². The Morgan fingerprint density at radius 3 is 2.05 bits per heavy atom. The van der Waals surface area contributed by atoms with Crippen molar-refractivity contribution in [3.63, 3.8) is 0 Å². The van der Waals surface area contributed by atoms with Crippen molar-refractivity contribution >= 4 is 12.0 Å². The summed E-state index contributed by atoms with van der Waals surface area (Å²) in [5.41, 5.74) is 0.914. The Balaban J connectivity index is 1.71. The molecule has 0 atom stereocenters. The molecule has 0 unspecified atom stereocenters. The molecule has 9 nitrogen and oxygen atoms in total. The van der Waals surface area contributed by atoms with E-state index in [4.69, 9.17) is 18.9 Å². The summed E-state index contributed by atoms with van der Waals surface area (Å²) >= 11 is 0. The fourth-order valence-corrected chi connectivity index (χ4v) is 4.04. The van der Waals surface area contributed by atoms with Gasteiger partial charge in [-0.2, -0.15) is 5.11 Å². The van der Waals surface area contributed by atoms with E-state index in [9.17, 15) is 9.59 Å². The van der Waals surface area contributed by atoms with Crippen molar-refractivity contribution in [2.75, 3.05) is 20.3 Å². The molecular formula is C31H45N3O6. The third-order valence-electron chi connectivity index (χ3n) is 5.80. The predicted molar refractivity (Wildman–Crippen MR) is 156 cm³/mol. The second-order valence-electron chi connectivity index (χ2n) is 11.0. The zero-order valence-electron chi connectivity index (χ0n) is 25.2. The Morgan fingerprint density at radius 2 is 1.48 bits per heavy atom. The lowest BCUT2D eigenvalue weighted by atomic mass is 10.1. The average Bonchev–Trinajstić information content (AvgIpc) is 2.87. The van der Waals surface area contributed by atoms with Gasteiger partial charge in [-0.3, -0.25) is 4.79 Å². The van der Waals surface area contributed by atoms with Crippen LogP contribution in [0.25, 0.3) is 0 Å². The van der Waals surface area contributed by atoms with Gasteiger partial charge in [-0.25, -0.2) is 4.79 Å². The van der Waals surface area contributed by atoms with Crippen LogP contribution < -0.4 is 14.2 Å². The van der Waals surface area contributed by atoms with Gasteiger partial charge in [0.25, 0.3) is 5.91 Å². The van der Waals surface area contributed by atoms with Gasteiger partial charge in [0.15, 0.2) is 11.5 Å². The monoisotopic (exact) mass is 555 g/mol. The predicted octanol–water partition coefficient (Wildman–Crippen LogP) is 7.47. The molecule has 0 aliphatic heterocycles. The Bertz CT molecular complexity index is 1100. The molecule has 0 aliphatic carbocycles. The van der Waals surface area contributed by atoms with Gasteiger partial charge < -0.3 is 23.8 Å². The van der Waals surface area contributed by atoms with Crippen LogP contribution >= 0.6 is 0 Å². The van der Waals surface area contributed by atoms with E-state index in [1.54, 1.807) is 46.1 Å². The van der Waals surface area contributed by atoms with Crippen LogP contribution in [0.2, 0.25) is 0 Å². The summed E-state index contributed by atoms with van der Waals surface area (Å²) in [5.74, 6) is 1.93. The smallest absolute Gasteiger partial charge is 0.452 e. The zero-order chi connectivity index (χ0) is 29.7. The van der Waals surface area contributed by atoms with Crippen LogP contribution in [0.1, 0.15) is 83.7 Å². The van der Waals surface area contributed by atoms with Crippen LogP contribution in [0, 0.1) is 0 Å². The SMILES string of the molecule is COc1cc(C(=O)N(C(C)C)C(C)C)ccc1OCCCCCOc1ccc(CN=NC(=O)OC(C)(C)C)cc1. The largest absolute Gasteiger partial charge is 0.494 e. The number of unbranched alkanes of at least 4 members (excludes halogenated alkanes) is 2. The first kappa shape index (κ1) is 32.6. The minimum absolute atomic E-state index is 0.0202. The van der Waals surface area contributed by atoms with E-state index >= 15 is 0 Å². The number of carbonyl (C=O) groups is 2. The molecule has 0 bridgehead atoms. The lowest BCUT2D eigenvalue weighted by Gasteiger charge is -2.31. The lowest BCUT2D eigenvalue weighted by molar-refractivity contribution is 0.0587. The van der Waals surface area contributed by atoms with Gasteiger partial charge in [-0.1, -0.05) is 17.2 Å². The summed E-state index contributed by atoms with van der Waals surface area (Å²) in [6, 6.07) is 13.1. The summed E-state index contributed by atoms with van der Waals surface area (Å²) in [7, 11) is 1.58. The number of amides is 2. The average molecular weight is 556 g/mol. The van der Waals surface area contributed by atoms with E-state index in [-0.39, 0.29) is 24.5 Å². The molecule has 0 aliphatic rings. The minimum atomic E-state index is -0.693. The van der Waals surface area contributed by atoms with Crippen LogP contribution in [0.5, 0.6) is 17.2 Å². The number of nitrogens with zero attached hydrogens (tertiary/aromatic N) is 3. The second-order valence-corrected chi connectivity index (χ2v) is 11.0. The highest BCUT2D eigenvalue weighted by molar-refractivity contribution is 5.95. The minimum Gasteiger partial charge on any atom is -0.494 e. The van der Waals surface area contributed by atoms with Gasteiger partial charge in [-0.05, 0) is 104 Å². The Hall–Kier alpha value is -3.62. The van der Waals surface area contributed by atoms with Gasteiger partial charge >= 0.3 is 6.09 Å². The standard InChI is InChI=1S/C31H45N3O6/c1-22(2)34(23(3)4)29(35)25-14-17-27(28(20-25)37-8)39-19-11-9-10-18-38-26-15-12-24(13-16-26)21-32-33-30(36)40-31(5,6)7/h12-17,20,22-23H,9-11,18-19,21H2,1-8H3. The number of carbonyl (C=O) groups excluding carboxylic acids is 2. The molecule has 0 spiro atoms. The highest BCUT2D eigenvalue weighted by atomic mass is 16.6. The maximum atomic E-state index is 13.0. The molecule has 0 N–H and O–H groups in total. The van der Waals surface area contributed by atoms with Crippen molar-refractivity contribution in [1.29, 1.82) is 0 Å². The van der Waals surface area contributed by atoms with Crippen LogP contribution in [-0.2, 0) is 11.3 Å². The molecule has 0 saturated heterocycles. The molecule has 0 aromatic heterocycles. The molecule has 2 aromatic rings. The van der Waals surface area contributed by atoms with Crippen LogP contribution in [0.15, 0.2) is 52.7 Å². The Kier molecular flexibility index (Phi) is 12.9. The van der Waals surface area contributed by atoms with Crippen LogP contribution in [0.3, 0.4) is 0 Å². The number of ether oxygens (including phenoxy) is 4. The van der Waals surface area contributed by atoms with E-state index in [1.165, 1.54) is 0 Å². The molecule has 40 heavy (non-hydrogen) atoms. The van der Waals surface area contributed by atoms with Crippen molar-refractivity contribution in [1.82, 2.24) is 4.90 Å². The van der Waals surface area contributed by atoms with Gasteiger partial charge in [0.05, 0.1) is 26.9 Å². The molecule has 0 saturated carbocycles. The van der Waals surface area contributed by atoms with Crippen LogP contribution in [-0.4, -0.2) is 54.9 Å². The third kappa shape index (κ3) is 11.2. The number of benzene rings is 2. The molecule has 2 aromatic carbocycles. The fraction of sp³-hybridized carbons (Fsp3) is 0.548. The van der Waals surface area contributed by atoms with Gasteiger partial charge in [0.2, 0.25) is 0 Å². The van der Waals surface area contributed by atoms with E-state index in [2.05, 4.69) is 10.2 Å². The van der Waals surface area contributed by atoms with E-state index < -0.39 is 11.7 Å². The molecule has 2 rings (SSSR count). The number of rotatable bonds is 14. The summed E-state index contributed by atoms with van der Waals surface area (Å²) < 4.78 is 22.3. The summed E-state index contributed by atoms with van der Waals surface area (Å²) in [4.78, 5) is 26.4. The van der Waals surface area contributed by atoms with Gasteiger partial charge in [-0.15, -0.1) is 0 Å². The van der Waals surface area contributed by atoms with Crippen LogP contribution in [0.4, 0.5) is 4.79 Å². The van der Waals surface area contributed by atoms with E-state index in [1.807, 2.05) is 56.9 Å². The Morgan fingerprint density at radius 1 is 0.850 bits per heavy atom. The highest BCUT2D eigenvalue weighted by Gasteiger charge is 2.22. The molecule has 9 heteroatoms. The van der Waals surface area contributed by atoms with E-state index in [0.717, 1.165) is 30.6 Å². The summed E-state index contributed by atoms with van der Waals surface area (Å²) in [6.45, 7) is 14.8. The lowest BCUT2D eigenvalue weighted by Crippen LogP contribution is -2.42. The maximum absolute atomic E-state index is 13.0. The molecule has 220 valence electrons. The molecular weight excluding hydrogens is 510 g/mol. The number of hydrogen-bond acceptors (Lipinski definition) is 7. The second kappa shape index (κ2) is 15.8. The third-order valence-corrected chi connectivity index (χ3v) is 5.80. The normalized spacial score (nSPS) is 11.7. The highest BCUT2D eigenvalue weighted by Crippen LogP contribution is 2.29.